The van der Waals surface area contributed by atoms with Gasteiger partial charge in [0.05, 0.1) is 16.8 Å². The SMILES string of the molecule is CN1C(=O)c2c(c3n(c2C(=O)OC(C)(C)C)CCc2ccccc2-3)C1=O. The van der Waals surface area contributed by atoms with Crippen molar-refractivity contribution in [3.05, 3.63) is 46.6 Å². The molecule has 6 nitrogen and oxygen atoms in total. The van der Waals surface area contributed by atoms with E-state index in [-0.39, 0.29) is 17.2 Å². The van der Waals surface area contributed by atoms with E-state index in [9.17, 15) is 14.4 Å². The van der Waals surface area contributed by atoms with E-state index in [0.29, 0.717) is 17.8 Å². The Kier molecular flexibility index (Phi) is 3.38. The Labute approximate surface area is 151 Å². The minimum Gasteiger partial charge on any atom is -0.455 e. The van der Waals surface area contributed by atoms with Crippen LogP contribution in [0.4, 0.5) is 0 Å². The van der Waals surface area contributed by atoms with Gasteiger partial charge in [-0.1, -0.05) is 24.3 Å². The Hall–Kier alpha value is -2.89. The first kappa shape index (κ1) is 16.6. The highest BCUT2D eigenvalue weighted by atomic mass is 16.6. The molecule has 26 heavy (non-hydrogen) atoms. The van der Waals surface area contributed by atoms with Crippen LogP contribution in [0, 0.1) is 0 Å². The molecule has 1 aromatic carbocycles. The van der Waals surface area contributed by atoms with Crippen LogP contribution in [0.5, 0.6) is 0 Å². The second-order valence-corrected chi connectivity index (χ2v) is 7.68. The van der Waals surface area contributed by atoms with Crippen molar-refractivity contribution in [2.45, 2.75) is 39.3 Å². The first-order valence-corrected chi connectivity index (χ1v) is 8.61. The molecule has 0 bridgehead atoms. The maximum Gasteiger partial charge on any atom is 0.356 e. The van der Waals surface area contributed by atoms with Crippen LogP contribution in [0.15, 0.2) is 24.3 Å². The first-order chi connectivity index (χ1) is 12.2. The summed E-state index contributed by atoms with van der Waals surface area (Å²) in [6, 6.07) is 7.78. The van der Waals surface area contributed by atoms with Gasteiger partial charge in [0.25, 0.3) is 11.8 Å². The van der Waals surface area contributed by atoms with E-state index in [0.717, 1.165) is 22.4 Å². The summed E-state index contributed by atoms with van der Waals surface area (Å²) in [7, 11) is 1.44. The molecule has 0 aliphatic carbocycles. The lowest BCUT2D eigenvalue weighted by Crippen LogP contribution is -2.30. The van der Waals surface area contributed by atoms with Crippen LogP contribution in [0.1, 0.15) is 57.5 Å². The summed E-state index contributed by atoms with van der Waals surface area (Å²) in [6.45, 7) is 5.86. The van der Waals surface area contributed by atoms with Crippen molar-refractivity contribution >= 4 is 17.8 Å². The highest BCUT2D eigenvalue weighted by Crippen LogP contribution is 2.41. The summed E-state index contributed by atoms with van der Waals surface area (Å²) in [6.07, 6.45) is 0.727. The van der Waals surface area contributed by atoms with Crippen molar-refractivity contribution in [1.29, 1.82) is 0 Å². The van der Waals surface area contributed by atoms with Gasteiger partial charge in [-0.3, -0.25) is 14.5 Å². The normalized spacial score (nSPS) is 15.6. The predicted octanol–water partition coefficient (Wildman–Crippen LogP) is 2.89. The molecular weight excluding hydrogens is 332 g/mol. The lowest BCUT2D eigenvalue weighted by molar-refractivity contribution is 0.00549. The zero-order valence-electron chi connectivity index (χ0n) is 15.3. The van der Waals surface area contributed by atoms with E-state index in [2.05, 4.69) is 0 Å². The number of fused-ring (bicyclic) bond motifs is 5. The van der Waals surface area contributed by atoms with Crippen LogP contribution in [0.2, 0.25) is 0 Å². The molecule has 1 aromatic heterocycles. The Bertz CT molecular complexity index is 978. The third-order valence-electron chi connectivity index (χ3n) is 4.77. The average Bonchev–Trinajstić information content (AvgIpc) is 3.03. The lowest BCUT2D eigenvalue weighted by atomic mass is 9.96. The summed E-state index contributed by atoms with van der Waals surface area (Å²) >= 11 is 0. The number of nitrogens with zero attached hydrogens (tertiary/aromatic N) is 2. The monoisotopic (exact) mass is 352 g/mol. The van der Waals surface area contributed by atoms with E-state index in [1.54, 1.807) is 25.3 Å². The standard InChI is InChI=1S/C20H20N2O4/c1-20(2,3)26-19(25)16-14-13(17(23)21(4)18(14)24)15-12-8-6-5-7-11(12)9-10-22(15)16/h5-8H,9-10H2,1-4H3. The molecule has 2 aromatic rings. The molecule has 2 amide bonds. The molecule has 6 heteroatoms. The molecule has 0 spiro atoms. The highest BCUT2D eigenvalue weighted by Gasteiger charge is 2.45. The van der Waals surface area contributed by atoms with Gasteiger partial charge in [-0.2, -0.15) is 0 Å². The molecule has 0 fully saturated rings. The Morgan fingerprint density at radius 3 is 2.42 bits per heavy atom. The van der Waals surface area contributed by atoms with Crippen molar-refractivity contribution in [1.82, 2.24) is 9.47 Å². The van der Waals surface area contributed by atoms with Gasteiger partial charge in [0.1, 0.15) is 11.3 Å². The molecule has 2 aliphatic heterocycles. The number of ether oxygens (including phenoxy) is 1. The van der Waals surface area contributed by atoms with E-state index in [1.165, 1.54) is 7.05 Å². The molecule has 4 rings (SSSR count). The maximum atomic E-state index is 12.9. The number of imide groups is 1. The molecule has 3 heterocycles. The number of aromatic nitrogens is 1. The summed E-state index contributed by atoms with van der Waals surface area (Å²) < 4.78 is 7.32. The van der Waals surface area contributed by atoms with Crippen LogP contribution >= 0.6 is 0 Å². The van der Waals surface area contributed by atoms with Crippen LogP contribution in [-0.4, -0.2) is 39.9 Å². The molecular formula is C20H20N2O4. The van der Waals surface area contributed by atoms with Gasteiger partial charge in [-0.05, 0) is 32.8 Å². The lowest BCUT2D eigenvalue weighted by Gasteiger charge is -2.24. The quantitative estimate of drug-likeness (QED) is 0.585. The Balaban J connectivity index is 2.01. The summed E-state index contributed by atoms with van der Waals surface area (Å²) in [5, 5.41) is 0. The Morgan fingerprint density at radius 2 is 1.73 bits per heavy atom. The van der Waals surface area contributed by atoms with Gasteiger partial charge in [-0.15, -0.1) is 0 Å². The van der Waals surface area contributed by atoms with Crippen molar-refractivity contribution < 1.29 is 19.1 Å². The average molecular weight is 352 g/mol. The molecule has 0 atom stereocenters. The summed E-state index contributed by atoms with van der Waals surface area (Å²) in [4.78, 5) is 39.4. The molecule has 0 N–H and O–H groups in total. The third kappa shape index (κ3) is 2.21. The molecule has 2 aliphatic rings. The topological polar surface area (TPSA) is 68.6 Å². The molecule has 0 unspecified atom stereocenters. The zero-order chi connectivity index (χ0) is 18.8. The fraction of sp³-hybridized carbons (Fsp3) is 0.350. The number of rotatable bonds is 1. The smallest absolute Gasteiger partial charge is 0.356 e. The molecule has 134 valence electrons. The molecule has 0 radical (unpaired) electrons. The van der Waals surface area contributed by atoms with Crippen LogP contribution in [0.25, 0.3) is 11.3 Å². The highest BCUT2D eigenvalue weighted by molar-refractivity contribution is 6.27. The van der Waals surface area contributed by atoms with Crippen LogP contribution in [0.3, 0.4) is 0 Å². The van der Waals surface area contributed by atoms with Gasteiger partial charge in [0, 0.05) is 19.2 Å². The largest absolute Gasteiger partial charge is 0.455 e. The van der Waals surface area contributed by atoms with Crippen LogP contribution in [-0.2, 0) is 17.7 Å². The van der Waals surface area contributed by atoms with Gasteiger partial charge in [0.15, 0.2) is 0 Å². The number of hydrogen-bond acceptors (Lipinski definition) is 4. The summed E-state index contributed by atoms with van der Waals surface area (Å²) in [5.74, 6) is -1.40. The number of benzene rings is 1. The van der Waals surface area contributed by atoms with Crippen molar-refractivity contribution in [3.8, 4) is 11.3 Å². The van der Waals surface area contributed by atoms with Gasteiger partial charge < -0.3 is 9.30 Å². The van der Waals surface area contributed by atoms with E-state index in [4.69, 9.17) is 4.74 Å². The number of aryl methyl sites for hydroxylation is 1. The van der Waals surface area contributed by atoms with Gasteiger partial charge >= 0.3 is 5.97 Å². The fourth-order valence-electron chi connectivity index (χ4n) is 3.71. The summed E-state index contributed by atoms with van der Waals surface area (Å²) in [5.41, 5.74) is 2.60. The number of amides is 2. The second kappa shape index (κ2) is 5.30. The minimum absolute atomic E-state index is 0.165. The number of hydrogen-bond donors (Lipinski definition) is 0. The van der Waals surface area contributed by atoms with Gasteiger partial charge in [0.2, 0.25) is 0 Å². The van der Waals surface area contributed by atoms with E-state index in [1.807, 2.05) is 24.3 Å². The minimum atomic E-state index is -0.696. The second-order valence-electron chi connectivity index (χ2n) is 7.68. The molecule has 0 saturated carbocycles. The predicted molar refractivity (Wildman–Crippen MR) is 95.2 cm³/mol. The molecule has 0 saturated heterocycles. The van der Waals surface area contributed by atoms with Crippen molar-refractivity contribution in [2.75, 3.05) is 7.05 Å². The zero-order valence-corrected chi connectivity index (χ0v) is 15.3. The van der Waals surface area contributed by atoms with E-state index < -0.39 is 17.5 Å². The van der Waals surface area contributed by atoms with Crippen molar-refractivity contribution in [2.24, 2.45) is 0 Å². The third-order valence-corrected chi connectivity index (χ3v) is 4.77. The van der Waals surface area contributed by atoms with Crippen molar-refractivity contribution in [3.63, 3.8) is 0 Å². The van der Waals surface area contributed by atoms with Gasteiger partial charge in [-0.25, -0.2) is 4.79 Å². The number of carbonyl (C=O) groups is 3. The number of esters is 1. The maximum absolute atomic E-state index is 12.9. The Morgan fingerprint density at radius 1 is 1.08 bits per heavy atom. The van der Waals surface area contributed by atoms with Crippen LogP contribution < -0.4 is 0 Å². The van der Waals surface area contributed by atoms with E-state index >= 15 is 0 Å². The number of carbonyl (C=O) groups excluding carboxylic acids is 3. The first-order valence-electron chi connectivity index (χ1n) is 8.61. The fourth-order valence-corrected chi connectivity index (χ4v) is 3.71.